The number of hydrogen-bond acceptors (Lipinski definition) is 3. The molecule has 2 rings (SSSR count). The summed E-state index contributed by atoms with van der Waals surface area (Å²) in [6.45, 7) is 0.483. The molecule has 6 heteroatoms. The van der Waals surface area contributed by atoms with Crippen molar-refractivity contribution in [1.82, 2.24) is 4.57 Å². The van der Waals surface area contributed by atoms with Crippen LogP contribution in [0.1, 0.15) is 6.42 Å². The Kier molecular flexibility index (Phi) is 2.78. The van der Waals surface area contributed by atoms with Crippen molar-refractivity contribution in [3.8, 4) is 0 Å². The third-order valence-electron chi connectivity index (χ3n) is 2.56. The molecule has 6 nitrogen and oxygen atoms in total. The first-order chi connectivity index (χ1) is 8.08. The number of carbonyl (C=O) groups is 1. The lowest BCUT2D eigenvalue weighted by atomic mass is 10.2. The van der Waals surface area contributed by atoms with Gasteiger partial charge in [-0.25, -0.2) is 0 Å². The number of nitrogens with two attached hydrogens (primary N) is 1. The fourth-order valence-corrected chi connectivity index (χ4v) is 1.73. The fourth-order valence-electron chi connectivity index (χ4n) is 1.73. The monoisotopic (exact) mass is 233 g/mol. The topological polar surface area (TPSA) is 91.2 Å². The number of amides is 1. The number of nitro benzene ring substituents is 1. The molecule has 88 valence electrons. The summed E-state index contributed by atoms with van der Waals surface area (Å²) in [5.74, 6) is -0.367. The minimum absolute atomic E-state index is 0.0603. The van der Waals surface area contributed by atoms with Crippen LogP contribution in [0.15, 0.2) is 30.5 Å². The Bertz CT molecular complexity index is 589. The lowest BCUT2D eigenvalue weighted by Crippen LogP contribution is -2.13. The van der Waals surface area contributed by atoms with Crippen LogP contribution >= 0.6 is 0 Å². The first kappa shape index (κ1) is 11.1. The molecule has 1 amide bonds. The minimum atomic E-state index is -0.430. The smallest absolute Gasteiger partial charge is 0.270 e. The predicted molar refractivity (Wildman–Crippen MR) is 62.4 cm³/mol. The average Bonchev–Trinajstić information content (AvgIpc) is 2.68. The van der Waals surface area contributed by atoms with Crippen molar-refractivity contribution in [1.29, 1.82) is 0 Å². The second-order valence-electron chi connectivity index (χ2n) is 3.73. The Morgan fingerprint density at radius 2 is 2.18 bits per heavy atom. The Labute approximate surface area is 96.8 Å². The van der Waals surface area contributed by atoms with Crippen LogP contribution in [0, 0.1) is 10.1 Å². The molecule has 0 aliphatic rings. The van der Waals surface area contributed by atoms with Crippen molar-refractivity contribution in [2.24, 2.45) is 5.73 Å². The van der Waals surface area contributed by atoms with Crippen LogP contribution in [0.5, 0.6) is 0 Å². The van der Waals surface area contributed by atoms with E-state index >= 15 is 0 Å². The summed E-state index contributed by atoms with van der Waals surface area (Å²) in [5, 5.41) is 11.4. The predicted octanol–water partition coefficient (Wildman–Crippen LogP) is 1.42. The highest BCUT2D eigenvalue weighted by Crippen LogP contribution is 2.21. The quantitative estimate of drug-likeness (QED) is 0.639. The Morgan fingerprint density at radius 3 is 2.82 bits per heavy atom. The molecule has 0 aliphatic carbocycles. The van der Waals surface area contributed by atoms with E-state index in [4.69, 9.17) is 5.73 Å². The largest absolute Gasteiger partial charge is 0.370 e. The van der Waals surface area contributed by atoms with Crippen molar-refractivity contribution < 1.29 is 9.72 Å². The highest BCUT2D eigenvalue weighted by Gasteiger charge is 2.08. The number of primary amides is 1. The molecule has 0 atom stereocenters. The van der Waals surface area contributed by atoms with Gasteiger partial charge in [0.1, 0.15) is 0 Å². The van der Waals surface area contributed by atoms with Crippen molar-refractivity contribution in [3.05, 3.63) is 40.6 Å². The van der Waals surface area contributed by atoms with Gasteiger partial charge < -0.3 is 10.3 Å². The summed E-state index contributed by atoms with van der Waals surface area (Å²) >= 11 is 0. The molecule has 0 bridgehead atoms. The number of hydrogen-bond donors (Lipinski definition) is 1. The lowest BCUT2D eigenvalue weighted by molar-refractivity contribution is -0.384. The van der Waals surface area contributed by atoms with Gasteiger partial charge in [0.2, 0.25) is 5.91 Å². The van der Waals surface area contributed by atoms with Gasteiger partial charge in [0.25, 0.3) is 5.69 Å². The normalized spacial score (nSPS) is 10.6. The van der Waals surface area contributed by atoms with E-state index in [0.717, 1.165) is 10.9 Å². The van der Waals surface area contributed by atoms with Crippen LogP contribution < -0.4 is 5.73 Å². The number of aromatic nitrogens is 1. The van der Waals surface area contributed by atoms with Crippen LogP contribution in [0.2, 0.25) is 0 Å². The van der Waals surface area contributed by atoms with Gasteiger partial charge in [0.05, 0.1) is 4.92 Å². The molecule has 0 saturated carbocycles. The van der Waals surface area contributed by atoms with Crippen LogP contribution in [0.3, 0.4) is 0 Å². The van der Waals surface area contributed by atoms with E-state index in [1.807, 2.05) is 4.57 Å². The van der Waals surface area contributed by atoms with E-state index in [-0.39, 0.29) is 18.0 Å². The number of fused-ring (bicyclic) bond motifs is 1. The summed E-state index contributed by atoms with van der Waals surface area (Å²) in [5.41, 5.74) is 5.99. The van der Waals surface area contributed by atoms with Gasteiger partial charge in [0.15, 0.2) is 0 Å². The first-order valence-corrected chi connectivity index (χ1v) is 5.09. The van der Waals surface area contributed by atoms with E-state index in [1.165, 1.54) is 12.1 Å². The lowest BCUT2D eigenvalue weighted by Gasteiger charge is -2.02. The molecule has 1 aromatic heterocycles. The van der Waals surface area contributed by atoms with Gasteiger partial charge in [-0.05, 0) is 12.1 Å². The SMILES string of the molecule is NC(=O)CCn1ccc2cc([N+](=O)[O-])ccc21. The second kappa shape index (κ2) is 4.25. The zero-order chi connectivity index (χ0) is 12.4. The molecule has 0 unspecified atom stereocenters. The number of benzene rings is 1. The summed E-state index contributed by atoms with van der Waals surface area (Å²) in [7, 11) is 0. The van der Waals surface area contributed by atoms with E-state index in [1.54, 1.807) is 18.3 Å². The number of aryl methyl sites for hydroxylation is 1. The molecule has 2 aromatic rings. The van der Waals surface area contributed by atoms with Crippen LogP contribution in [-0.2, 0) is 11.3 Å². The maximum atomic E-state index is 10.7. The van der Waals surface area contributed by atoms with Crippen LogP contribution in [-0.4, -0.2) is 15.4 Å². The van der Waals surface area contributed by atoms with Crippen LogP contribution in [0.25, 0.3) is 10.9 Å². The first-order valence-electron chi connectivity index (χ1n) is 5.09. The third kappa shape index (κ3) is 2.25. The fraction of sp³-hybridized carbons (Fsp3) is 0.182. The van der Waals surface area contributed by atoms with Gasteiger partial charge in [0, 0.05) is 42.2 Å². The Morgan fingerprint density at radius 1 is 1.41 bits per heavy atom. The third-order valence-corrected chi connectivity index (χ3v) is 2.56. The van der Waals surface area contributed by atoms with E-state index in [9.17, 15) is 14.9 Å². The highest BCUT2D eigenvalue weighted by molar-refractivity contribution is 5.82. The summed E-state index contributed by atoms with van der Waals surface area (Å²) in [6.07, 6.45) is 2.04. The van der Waals surface area contributed by atoms with E-state index < -0.39 is 4.92 Å². The molecular weight excluding hydrogens is 222 g/mol. The van der Waals surface area contributed by atoms with Gasteiger partial charge in [-0.3, -0.25) is 14.9 Å². The standard InChI is InChI=1S/C11H11N3O3/c12-11(15)4-6-13-5-3-8-7-9(14(16)17)1-2-10(8)13/h1-3,5,7H,4,6H2,(H2,12,15). The molecule has 1 heterocycles. The van der Waals surface area contributed by atoms with E-state index in [2.05, 4.69) is 0 Å². The molecule has 17 heavy (non-hydrogen) atoms. The number of nitrogens with zero attached hydrogens (tertiary/aromatic N) is 2. The van der Waals surface area contributed by atoms with Crippen molar-refractivity contribution in [3.63, 3.8) is 0 Å². The molecule has 1 aromatic carbocycles. The van der Waals surface area contributed by atoms with Gasteiger partial charge in [-0.2, -0.15) is 0 Å². The van der Waals surface area contributed by atoms with Crippen molar-refractivity contribution >= 4 is 22.5 Å². The number of non-ortho nitro benzene ring substituents is 1. The maximum absolute atomic E-state index is 10.7. The molecule has 0 saturated heterocycles. The Hall–Kier alpha value is -2.37. The summed E-state index contributed by atoms with van der Waals surface area (Å²) < 4.78 is 1.85. The summed E-state index contributed by atoms with van der Waals surface area (Å²) in [6, 6.07) is 6.41. The number of nitro groups is 1. The van der Waals surface area contributed by atoms with Gasteiger partial charge in [-0.15, -0.1) is 0 Å². The zero-order valence-corrected chi connectivity index (χ0v) is 9.00. The summed E-state index contributed by atoms with van der Waals surface area (Å²) in [4.78, 5) is 20.9. The maximum Gasteiger partial charge on any atom is 0.270 e. The van der Waals surface area contributed by atoms with Gasteiger partial charge in [-0.1, -0.05) is 0 Å². The molecular formula is C11H11N3O3. The molecule has 0 radical (unpaired) electrons. The molecule has 0 fully saturated rings. The number of carbonyl (C=O) groups excluding carboxylic acids is 1. The molecule has 0 spiro atoms. The second-order valence-corrected chi connectivity index (χ2v) is 3.73. The van der Waals surface area contributed by atoms with Crippen LogP contribution in [0.4, 0.5) is 5.69 Å². The molecule has 0 aliphatic heterocycles. The molecule has 2 N–H and O–H groups in total. The van der Waals surface area contributed by atoms with Crippen molar-refractivity contribution in [2.45, 2.75) is 13.0 Å². The highest BCUT2D eigenvalue weighted by atomic mass is 16.6. The minimum Gasteiger partial charge on any atom is -0.370 e. The zero-order valence-electron chi connectivity index (χ0n) is 9.00. The average molecular weight is 233 g/mol. The van der Waals surface area contributed by atoms with Crippen molar-refractivity contribution in [2.75, 3.05) is 0 Å². The van der Waals surface area contributed by atoms with Gasteiger partial charge >= 0.3 is 0 Å². The number of rotatable bonds is 4. The Balaban J connectivity index is 2.34. The van der Waals surface area contributed by atoms with E-state index in [0.29, 0.717) is 6.54 Å².